The lowest BCUT2D eigenvalue weighted by Crippen LogP contribution is -2.20. The Morgan fingerprint density at radius 1 is 1.03 bits per heavy atom. The summed E-state index contributed by atoms with van der Waals surface area (Å²) in [6.45, 7) is 6.63. The number of hydrogen-bond acceptors (Lipinski definition) is 4. The molecule has 0 unspecified atom stereocenters. The van der Waals surface area contributed by atoms with E-state index in [2.05, 4.69) is 66.3 Å². The maximum atomic E-state index is 13.0. The fourth-order valence-corrected chi connectivity index (χ4v) is 4.57. The number of imidazole rings is 1. The molecule has 0 aliphatic rings. The van der Waals surface area contributed by atoms with Gasteiger partial charge in [-0.2, -0.15) is 0 Å². The third-order valence-corrected chi connectivity index (χ3v) is 6.76. The molecule has 4 rings (SSSR count). The molecule has 0 aliphatic carbocycles. The smallest absolute Gasteiger partial charge is 0.244 e. The van der Waals surface area contributed by atoms with Gasteiger partial charge in [0.15, 0.2) is 0 Å². The van der Waals surface area contributed by atoms with Crippen LogP contribution in [0.5, 0.6) is 5.75 Å². The molecule has 3 aromatic carbocycles. The maximum Gasteiger partial charge on any atom is 0.244 e. The van der Waals surface area contributed by atoms with Crippen LogP contribution in [0.15, 0.2) is 77.3 Å². The predicted octanol–water partition coefficient (Wildman–Crippen LogP) is 6.43. The Labute approximate surface area is 220 Å². The van der Waals surface area contributed by atoms with Crippen LogP contribution in [-0.4, -0.2) is 22.6 Å². The zero-order valence-corrected chi connectivity index (χ0v) is 22.6. The van der Waals surface area contributed by atoms with Crippen molar-refractivity contribution >= 4 is 33.5 Å². The lowest BCUT2D eigenvalue weighted by Gasteiger charge is -2.19. The van der Waals surface area contributed by atoms with Gasteiger partial charge in [-0.25, -0.2) is 4.98 Å². The number of nitrogen functional groups attached to an aromatic ring is 1. The third-order valence-electron chi connectivity index (χ3n) is 6.07. The van der Waals surface area contributed by atoms with Gasteiger partial charge in [0.1, 0.15) is 12.3 Å². The monoisotopic (exact) mass is 546 g/mol. The zero-order valence-electron chi connectivity index (χ0n) is 21.0. The molecule has 0 fully saturated rings. The van der Waals surface area contributed by atoms with Crippen LogP contribution in [0.3, 0.4) is 0 Å². The Kier molecular flexibility index (Phi) is 7.50. The molecule has 36 heavy (non-hydrogen) atoms. The summed E-state index contributed by atoms with van der Waals surface area (Å²) in [4.78, 5) is 17.7. The quantitative estimate of drug-likeness (QED) is 0.279. The van der Waals surface area contributed by atoms with Gasteiger partial charge < -0.3 is 20.4 Å². The first-order valence-corrected chi connectivity index (χ1v) is 12.6. The van der Waals surface area contributed by atoms with E-state index in [-0.39, 0.29) is 17.9 Å². The molecule has 3 N–H and O–H groups in total. The number of aromatic nitrogens is 2. The number of rotatable bonds is 7. The maximum absolute atomic E-state index is 13.0. The summed E-state index contributed by atoms with van der Waals surface area (Å²) in [5.74, 6) is 0.828. The molecule has 6 nitrogen and oxygen atoms in total. The average molecular weight is 547 g/mol. The summed E-state index contributed by atoms with van der Waals surface area (Å²) in [6, 6.07) is 23.7. The number of amides is 1. The van der Waals surface area contributed by atoms with Gasteiger partial charge in [-0.15, -0.1) is 0 Å². The van der Waals surface area contributed by atoms with Crippen LogP contribution >= 0.6 is 15.9 Å². The molecule has 0 saturated carbocycles. The second kappa shape index (κ2) is 10.6. The fraction of sp³-hybridized carbons (Fsp3) is 0.241. The summed E-state index contributed by atoms with van der Waals surface area (Å²) < 4.78 is 7.87. The van der Waals surface area contributed by atoms with Crippen molar-refractivity contribution in [1.29, 1.82) is 0 Å². The van der Waals surface area contributed by atoms with Crippen molar-refractivity contribution in [2.24, 2.45) is 0 Å². The van der Waals surface area contributed by atoms with Crippen LogP contribution in [0.25, 0.3) is 11.3 Å². The Morgan fingerprint density at radius 3 is 2.31 bits per heavy atom. The van der Waals surface area contributed by atoms with E-state index in [0.29, 0.717) is 18.1 Å². The molecule has 0 saturated heterocycles. The van der Waals surface area contributed by atoms with Crippen LogP contribution < -0.4 is 15.8 Å². The number of ether oxygens (including phenoxy) is 1. The molecule has 0 spiro atoms. The number of methoxy groups -OCH3 is 1. The molecule has 4 aromatic rings. The van der Waals surface area contributed by atoms with Crippen molar-refractivity contribution in [3.63, 3.8) is 0 Å². The average Bonchev–Trinajstić information content (AvgIpc) is 3.13. The molecule has 0 aliphatic heterocycles. The predicted molar refractivity (Wildman–Crippen MR) is 149 cm³/mol. The van der Waals surface area contributed by atoms with Gasteiger partial charge in [0.25, 0.3) is 0 Å². The number of hydrogen-bond donors (Lipinski definition) is 2. The van der Waals surface area contributed by atoms with Gasteiger partial charge >= 0.3 is 0 Å². The van der Waals surface area contributed by atoms with E-state index < -0.39 is 0 Å². The molecule has 1 heterocycles. The van der Waals surface area contributed by atoms with E-state index in [0.717, 1.165) is 32.7 Å². The summed E-state index contributed by atoms with van der Waals surface area (Å²) in [5, 5.41) is 2.93. The summed E-state index contributed by atoms with van der Waals surface area (Å²) in [5.41, 5.74) is 12.1. The molecule has 1 amide bonds. The molecule has 0 radical (unpaired) electrons. The van der Waals surface area contributed by atoms with Gasteiger partial charge in [-0.3, -0.25) is 4.79 Å². The van der Waals surface area contributed by atoms with Crippen molar-refractivity contribution in [3.05, 3.63) is 94.1 Å². The van der Waals surface area contributed by atoms with Crippen molar-refractivity contribution in [2.45, 2.75) is 39.2 Å². The lowest BCUT2D eigenvalue weighted by atomic mass is 9.86. The lowest BCUT2D eigenvalue weighted by molar-refractivity contribution is -0.116. The van der Waals surface area contributed by atoms with Gasteiger partial charge in [0, 0.05) is 22.1 Å². The summed E-state index contributed by atoms with van der Waals surface area (Å²) in [7, 11) is 1.61. The van der Waals surface area contributed by atoms with Crippen LogP contribution in [0.2, 0.25) is 0 Å². The van der Waals surface area contributed by atoms with Crippen LogP contribution in [0.1, 0.15) is 37.6 Å². The molecule has 0 bridgehead atoms. The van der Waals surface area contributed by atoms with E-state index >= 15 is 0 Å². The van der Waals surface area contributed by atoms with Gasteiger partial charge in [0.2, 0.25) is 11.9 Å². The first kappa shape index (κ1) is 25.5. The van der Waals surface area contributed by atoms with E-state index in [9.17, 15) is 4.79 Å². The van der Waals surface area contributed by atoms with Crippen molar-refractivity contribution in [3.8, 4) is 17.0 Å². The molecular weight excluding hydrogens is 516 g/mol. The number of nitrogens with two attached hydrogens (primary N) is 1. The highest BCUT2D eigenvalue weighted by molar-refractivity contribution is 9.10. The minimum atomic E-state index is -0.196. The number of nitrogens with one attached hydrogen (secondary N) is 1. The Bertz CT molecular complexity index is 1350. The summed E-state index contributed by atoms with van der Waals surface area (Å²) in [6.07, 6.45) is 0.596. The van der Waals surface area contributed by atoms with Crippen molar-refractivity contribution in [2.75, 3.05) is 18.2 Å². The standard InChI is InChI=1S/C29H31BrN4O2/c1-29(2,3)20-11-9-19(10-12-20)17-25-27(23-7-5-6-8-24(23)30)34(28(31)33-25)18-26(35)32-21-13-15-22(36-4)16-14-21/h5-16H,17-18H2,1-4H3,(H2,31,33)(H,32,35). The second-order valence-corrected chi connectivity index (χ2v) is 10.6. The van der Waals surface area contributed by atoms with Crippen LogP contribution in [-0.2, 0) is 23.2 Å². The van der Waals surface area contributed by atoms with E-state index in [1.807, 2.05) is 24.3 Å². The highest BCUT2D eigenvalue weighted by Gasteiger charge is 2.21. The third kappa shape index (κ3) is 5.79. The first-order valence-electron chi connectivity index (χ1n) is 11.8. The number of nitrogens with zero attached hydrogens (tertiary/aromatic N) is 2. The number of benzene rings is 3. The van der Waals surface area contributed by atoms with Gasteiger partial charge in [-0.1, -0.05) is 79.2 Å². The van der Waals surface area contributed by atoms with Gasteiger partial charge in [-0.05, 0) is 46.9 Å². The number of carbonyl (C=O) groups excluding carboxylic acids is 1. The van der Waals surface area contributed by atoms with E-state index in [1.54, 1.807) is 35.9 Å². The van der Waals surface area contributed by atoms with Crippen LogP contribution in [0, 0.1) is 0 Å². The van der Waals surface area contributed by atoms with Crippen molar-refractivity contribution in [1.82, 2.24) is 9.55 Å². The zero-order chi connectivity index (χ0) is 25.9. The van der Waals surface area contributed by atoms with Gasteiger partial charge in [0.05, 0.1) is 18.5 Å². The number of anilines is 2. The fourth-order valence-electron chi connectivity index (χ4n) is 4.09. The molecular formula is C29H31BrN4O2. The highest BCUT2D eigenvalue weighted by Crippen LogP contribution is 2.34. The minimum Gasteiger partial charge on any atom is -0.497 e. The van der Waals surface area contributed by atoms with E-state index in [4.69, 9.17) is 15.5 Å². The molecule has 1 aromatic heterocycles. The normalized spacial score (nSPS) is 11.4. The first-order chi connectivity index (χ1) is 17.2. The molecule has 7 heteroatoms. The summed E-state index contributed by atoms with van der Waals surface area (Å²) >= 11 is 3.67. The SMILES string of the molecule is COc1ccc(NC(=O)Cn2c(N)nc(Cc3ccc(C(C)(C)C)cc3)c2-c2ccccc2Br)cc1. The molecule has 0 atom stereocenters. The van der Waals surface area contributed by atoms with Crippen LogP contribution in [0.4, 0.5) is 11.6 Å². The molecule has 186 valence electrons. The minimum absolute atomic E-state index is 0.0322. The number of halogens is 1. The highest BCUT2D eigenvalue weighted by atomic mass is 79.9. The van der Waals surface area contributed by atoms with Crippen molar-refractivity contribution < 1.29 is 9.53 Å². The topological polar surface area (TPSA) is 82.2 Å². The van der Waals surface area contributed by atoms with E-state index in [1.165, 1.54) is 5.56 Å². The second-order valence-electron chi connectivity index (χ2n) is 9.73. The Morgan fingerprint density at radius 2 is 1.69 bits per heavy atom. The Hall–Kier alpha value is -3.58. The number of carbonyl (C=O) groups is 1. The Balaban J connectivity index is 1.66. The largest absolute Gasteiger partial charge is 0.497 e.